The molecule has 0 aliphatic carbocycles. The first-order valence-corrected chi connectivity index (χ1v) is 3.46. The summed E-state index contributed by atoms with van der Waals surface area (Å²) in [4.78, 5) is 11.7. The molecule has 2 heterocycles. The fourth-order valence-electron chi connectivity index (χ4n) is 0.875. The largest absolute Gasteiger partial charge is 0.262 e. The van der Waals surface area contributed by atoms with Crippen LogP contribution in [0.25, 0.3) is 10.9 Å². The SMILES string of the molecule is Cl.Clc1ncnc2cnccc12. The van der Waals surface area contributed by atoms with Crippen LogP contribution in [0.1, 0.15) is 0 Å². The van der Waals surface area contributed by atoms with E-state index in [9.17, 15) is 0 Å². The number of fused-ring (bicyclic) bond motifs is 1. The number of pyridine rings is 1. The number of aromatic nitrogens is 3. The van der Waals surface area contributed by atoms with Gasteiger partial charge in [-0.25, -0.2) is 9.97 Å². The number of rotatable bonds is 0. The number of halogens is 2. The summed E-state index contributed by atoms with van der Waals surface area (Å²) >= 11 is 5.78. The Kier molecular flexibility index (Phi) is 2.78. The average molecular weight is 202 g/mol. The Morgan fingerprint density at radius 2 is 2.08 bits per heavy atom. The maximum absolute atomic E-state index is 5.78. The maximum Gasteiger partial charge on any atom is 0.140 e. The highest BCUT2D eigenvalue weighted by molar-refractivity contribution is 6.33. The topological polar surface area (TPSA) is 38.7 Å². The molecule has 2 aromatic rings. The molecular formula is C7H5Cl2N3. The summed E-state index contributed by atoms with van der Waals surface area (Å²) in [6.45, 7) is 0. The predicted octanol–water partition coefficient (Wildman–Crippen LogP) is 2.10. The molecule has 3 nitrogen and oxygen atoms in total. The van der Waals surface area contributed by atoms with E-state index in [1.165, 1.54) is 6.33 Å². The van der Waals surface area contributed by atoms with Crippen molar-refractivity contribution in [1.82, 2.24) is 15.0 Å². The molecule has 0 radical (unpaired) electrons. The molecule has 0 saturated carbocycles. The Morgan fingerprint density at radius 1 is 1.25 bits per heavy atom. The zero-order valence-electron chi connectivity index (χ0n) is 5.94. The van der Waals surface area contributed by atoms with Gasteiger partial charge >= 0.3 is 0 Å². The Hall–Kier alpha value is -0.930. The van der Waals surface area contributed by atoms with Gasteiger partial charge in [0.25, 0.3) is 0 Å². The summed E-state index contributed by atoms with van der Waals surface area (Å²) in [5.41, 5.74) is 0.771. The van der Waals surface area contributed by atoms with Crippen LogP contribution in [0, 0.1) is 0 Å². The van der Waals surface area contributed by atoms with Gasteiger partial charge < -0.3 is 0 Å². The lowest BCUT2D eigenvalue weighted by molar-refractivity contribution is 1.20. The van der Waals surface area contributed by atoms with Crippen molar-refractivity contribution in [1.29, 1.82) is 0 Å². The first-order chi connectivity index (χ1) is 5.38. The Labute approximate surface area is 80.2 Å². The number of hydrogen-bond acceptors (Lipinski definition) is 3. The van der Waals surface area contributed by atoms with E-state index in [1.807, 2.05) is 0 Å². The van der Waals surface area contributed by atoms with E-state index in [0.29, 0.717) is 5.15 Å². The van der Waals surface area contributed by atoms with Crippen LogP contribution in [-0.4, -0.2) is 15.0 Å². The van der Waals surface area contributed by atoms with Crippen molar-refractivity contribution in [3.8, 4) is 0 Å². The molecule has 0 aliphatic rings. The molecule has 0 amide bonds. The first kappa shape index (κ1) is 9.16. The molecule has 62 valence electrons. The van der Waals surface area contributed by atoms with E-state index in [4.69, 9.17) is 11.6 Å². The number of hydrogen-bond donors (Lipinski definition) is 0. The zero-order chi connectivity index (χ0) is 7.68. The van der Waals surface area contributed by atoms with Gasteiger partial charge in [0.15, 0.2) is 0 Å². The van der Waals surface area contributed by atoms with Gasteiger partial charge in [0, 0.05) is 11.6 Å². The molecule has 0 atom stereocenters. The van der Waals surface area contributed by atoms with Gasteiger partial charge in [0.1, 0.15) is 11.5 Å². The van der Waals surface area contributed by atoms with E-state index in [-0.39, 0.29) is 12.4 Å². The Morgan fingerprint density at radius 3 is 2.83 bits per heavy atom. The van der Waals surface area contributed by atoms with Crippen LogP contribution in [-0.2, 0) is 0 Å². The third-order valence-electron chi connectivity index (χ3n) is 1.39. The fraction of sp³-hybridized carbons (Fsp3) is 0. The lowest BCUT2D eigenvalue weighted by Crippen LogP contribution is -1.83. The molecule has 0 aliphatic heterocycles. The third-order valence-corrected chi connectivity index (χ3v) is 1.69. The van der Waals surface area contributed by atoms with Gasteiger partial charge in [0.2, 0.25) is 0 Å². The molecule has 0 fully saturated rings. The van der Waals surface area contributed by atoms with Crippen LogP contribution in [0.15, 0.2) is 24.8 Å². The smallest absolute Gasteiger partial charge is 0.140 e. The normalized spacial score (nSPS) is 9.42. The standard InChI is InChI=1S/C7H4ClN3.ClH/c8-7-5-1-2-9-3-6(5)10-4-11-7;/h1-4H;1H. The Bertz CT molecular complexity index is 386. The summed E-state index contributed by atoms with van der Waals surface area (Å²) in [5.74, 6) is 0. The molecule has 0 saturated heterocycles. The van der Waals surface area contributed by atoms with Gasteiger partial charge in [0.05, 0.1) is 11.7 Å². The summed E-state index contributed by atoms with van der Waals surface area (Å²) in [7, 11) is 0. The van der Waals surface area contributed by atoms with Gasteiger partial charge in [-0.3, -0.25) is 4.98 Å². The fourth-order valence-corrected chi connectivity index (χ4v) is 1.08. The molecule has 2 rings (SSSR count). The predicted molar refractivity (Wildman–Crippen MR) is 49.6 cm³/mol. The molecule has 0 bridgehead atoms. The van der Waals surface area contributed by atoms with Gasteiger partial charge in [-0.2, -0.15) is 0 Å². The van der Waals surface area contributed by atoms with Crippen molar-refractivity contribution in [2.75, 3.05) is 0 Å². The van der Waals surface area contributed by atoms with Crippen LogP contribution < -0.4 is 0 Å². The van der Waals surface area contributed by atoms with E-state index in [2.05, 4.69) is 15.0 Å². The van der Waals surface area contributed by atoms with Crippen LogP contribution in [0.5, 0.6) is 0 Å². The summed E-state index contributed by atoms with van der Waals surface area (Å²) in [5, 5.41) is 1.31. The summed E-state index contributed by atoms with van der Waals surface area (Å²) < 4.78 is 0. The van der Waals surface area contributed by atoms with Crippen molar-refractivity contribution in [3.63, 3.8) is 0 Å². The van der Waals surface area contributed by atoms with E-state index in [1.54, 1.807) is 18.5 Å². The molecule has 12 heavy (non-hydrogen) atoms. The quantitative estimate of drug-likeness (QED) is 0.614. The van der Waals surface area contributed by atoms with Crippen molar-refractivity contribution < 1.29 is 0 Å². The van der Waals surface area contributed by atoms with E-state index in [0.717, 1.165) is 10.9 Å². The third kappa shape index (κ3) is 1.47. The summed E-state index contributed by atoms with van der Waals surface area (Å²) in [6.07, 6.45) is 4.74. The molecule has 0 spiro atoms. The lowest BCUT2D eigenvalue weighted by atomic mass is 10.3. The van der Waals surface area contributed by atoms with Crippen molar-refractivity contribution in [3.05, 3.63) is 29.9 Å². The van der Waals surface area contributed by atoms with Gasteiger partial charge in [-0.15, -0.1) is 12.4 Å². The lowest BCUT2D eigenvalue weighted by Gasteiger charge is -1.94. The molecule has 5 heteroatoms. The zero-order valence-corrected chi connectivity index (χ0v) is 7.51. The molecule has 0 unspecified atom stereocenters. The van der Waals surface area contributed by atoms with E-state index >= 15 is 0 Å². The van der Waals surface area contributed by atoms with Crippen LogP contribution in [0.2, 0.25) is 5.15 Å². The minimum Gasteiger partial charge on any atom is -0.262 e. The average Bonchev–Trinajstić information content (AvgIpc) is 2.06. The van der Waals surface area contributed by atoms with Gasteiger partial charge in [-0.05, 0) is 6.07 Å². The summed E-state index contributed by atoms with van der Waals surface area (Å²) in [6, 6.07) is 1.79. The second kappa shape index (κ2) is 3.65. The van der Waals surface area contributed by atoms with Gasteiger partial charge in [-0.1, -0.05) is 11.6 Å². The van der Waals surface area contributed by atoms with Crippen LogP contribution >= 0.6 is 24.0 Å². The highest BCUT2D eigenvalue weighted by atomic mass is 35.5. The first-order valence-electron chi connectivity index (χ1n) is 3.08. The minimum atomic E-state index is 0. The Balaban J connectivity index is 0.000000720. The minimum absolute atomic E-state index is 0. The molecule has 0 aromatic carbocycles. The second-order valence-corrected chi connectivity index (χ2v) is 2.42. The monoisotopic (exact) mass is 201 g/mol. The van der Waals surface area contributed by atoms with Crippen LogP contribution in [0.4, 0.5) is 0 Å². The second-order valence-electron chi connectivity index (χ2n) is 2.06. The van der Waals surface area contributed by atoms with Crippen molar-refractivity contribution in [2.45, 2.75) is 0 Å². The molecule has 2 aromatic heterocycles. The van der Waals surface area contributed by atoms with Crippen molar-refractivity contribution in [2.24, 2.45) is 0 Å². The highest BCUT2D eigenvalue weighted by Gasteiger charge is 1.97. The van der Waals surface area contributed by atoms with Crippen molar-refractivity contribution >= 4 is 34.9 Å². The number of nitrogens with zero attached hydrogens (tertiary/aromatic N) is 3. The maximum atomic E-state index is 5.78. The highest BCUT2D eigenvalue weighted by Crippen LogP contribution is 2.16. The molecule has 0 N–H and O–H groups in total. The van der Waals surface area contributed by atoms with E-state index < -0.39 is 0 Å². The molecular weight excluding hydrogens is 197 g/mol. The van der Waals surface area contributed by atoms with Crippen LogP contribution in [0.3, 0.4) is 0 Å².